The number of para-hydroxylation sites is 1. The number of methoxy groups -OCH3 is 1. The summed E-state index contributed by atoms with van der Waals surface area (Å²) in [4.78, 5) is 13.2. The summed E-state index contributed by atoms with van der Waals surface area (Å²) < 4.78 is 16.6. The Hall–Kier alpha value is -4.26. The van der Waals surface area contributed by atoms with E-state index in [1.165, 1.54) is 0 Å². The number of carbonyl (C=O) groups is 1. The standard InChI is InChI=1S/C27H27N3O4/c1-19-24(20(2)34-29-19)18-33-25-15-14-22(16-26(25)32-3)27(31)28-30(23-12-8-5-9-13-23)17-21-10-6-4-7-11-21/h4-16H,17-18H2,1-3H3,(H,28,31). The molecule has 1 amide bonds. The van der Waals surface area contributed by atoms with Gasteiger partial charge in [0.2, 0.25) is 0 Å². The molecule has 0 radical (unpaired) electrons. The maximum Gasteiger partial charge on any atom is 0.269 e. The second-order valence-corrected chi connectivity index (χ2v) is 7.81. The minimum Gasteiger partial charge on any atom is -0.493 e. The number of rotatable bonds is 9. The van der Waals surface area contributed by atoms with Gasteiger partial charge < -0.3 is 14.0 Å². The molecule has 4 rings (SSSR count). The molecule has 3 aromatic carbocycles. The maximum atomic E-state index is 13.2. The molecule has 0 spiro atoms. The van der Waals surface area contributed by atoms with Crippen molar-refractivity contribution in [3.63, 3.8) is 0 Å². The summed E-state index contributed by atoms with van der Waals surface area (Å²) in [6, 6.07) is 24.8. The van der Waals surface area contributed by atoms with Gasteiger partial charge in [-0.05, 0) is 49.7 Å². The van der Waals surface area contributed by atoms with E-state index in [9.17, 15) is 4.79 Å². The average molecular weight is 458 g/mol. The molecule has 7 heteroatoms. The third-order valence-corrected chi connectivity index (χ3v) is 5.47. The number of hydrogen-bond acceptors (Lipinski definition) is 6. The highest BCUT2D eigenvalue weighted by atomic mass is 16.5. The summed E-state index contributed by atoms with van der Waals surface area (Å²) >= 11 is 0. The van der Waals surface area contributed by atoms with Crippen LogP contribution in [0.2, 0.25) is 0 Å². The largest absolute Gasteiger partial charge is 0.493 e. The lowest BCUT2D eigenvalue weighted by molar-refractivity contribution is 0.0947. The number of aryl methyl sites for hydroxylation is 2. The van der Waals surface area contributed by atoms with E-state index in [0.717, 1.165) is 22.5 Å². The van der Waals surface area contributed by atoms with Gasteiger partial charge in [0.25, 0.3) is 5.91 Å². The zero-order valence-electron chi connectivity index (χ0n) is 19.4. The van der Waals surface area contributed by atoms with E-state index in [0.29, 0.717) is 36.0 Å². The zero-order valence-corrected chi connectivity index (χ0v) is 19.4. The fourth-order valence-corrected chi connectivity index (χ4v) is 3.54. The van der Waals surface area contributed by atoms with Crippen LogP contribution in [-0.2, 0) is 13.2 Å². The number of nitrogens with one attached hydrogen (secondary N) is 1. The molecule has 1 heterocycles. The molecular weight excluding hydrogens is 430 g/mol. The van der Waals surface area contributed by atoms with Gasteiger partial charge in [-0.25, -0.2) is 0 Å². The van der Waals surface area contributed by atoms with Crippen LogP contribution in [-0.4, -0.2) is 18.2 Å². The highest BCUT2D eigenvalue weighted by Crippen LogP contribution is 2.29. The van der Waals surface area contributed by atoms with E-state index in [1.807, 2.05) is 79.5 Å². The van der Waals surface area contributed by atoms with E-state index < -0.39 is 0 Å². The van der Waals surface area contributed by atoms with E-state index in [-0.39, 0.29) is 5.91 Å². The number of benzene rings is 3. The Morgan fingerprint density at radius 1 is 0.971 bits per heavy atom. The van der Waals surface area contributed by atoms with Crippen LogP contribution in [0.4, 0.5) is 5.69 Å². The Kier molecular flexibility index (Phi) is 7.13. The summed E-state index contributed by atoms with van der Waals surface area (Å²) in [6.45, 7) is 4.53. The van der Waals surface area contributed by atoms with E-state index in [1.54, 1.807) is 25.3 Å². The maximum absolute atomic E-state index is 13.2. The van der Waals surface area contributed by atoms with E-state index >= 15 is 0 Å². The van der Waals surface area contributed by atoms with Crippen LogP contribution in [0, 0.1) is 13.8 Å². The number of aromatic nitrogens is 1. The Balaban J connectivity index is 1.51. The molecular formula is C27H27N3O4. The van der Waals surface area contributed by atoms with Gasteiger partial charge in [0, 0.05) is 5.56 Å². The fourth-order valence-electron chi connectivity index (χ4n) is 3.54. The van der Waals surface area contributed by atoms with Crippen LogP contribution in [0.25, 0.3) is 0 Å². The molecule has 0 aliphatic heterocycles. The summed E-state index contributed by atoms with van der Waals surface area (Å²) in [6.07, 6.45) is 0. The van der Waals surface area contributed by atoms with Gasteiger partial charge in [-0.1, -0.05) is 53.7 Å². The molecule has 1 aromatic heterocycles. The third-order valence-electron chi connectivity index (χ3n) is 5.47. The van der Waals surface area contributed by atoms with Gasteiger partial charge in [0.1, 0.15) is 12.4 Å². The first-order chi connectivity index (χ1) is 16.5. The van der Waals surface area contributed by atoms with Crippen molar-refractivity contribution in [2.75, 3.05) is 12.1 Å². The number of hydrogen-bond donors (Lipinski definition) is 1. The van der Waals surface area contributed by atoms with Crippen LogP contribution in [0.1, 0.15) is 32.9 Å². The molecule has 0 bridgehead atoms. The lowest BCUT2D eigenvalue weighted by atomic mass is 10.2. The number of carbonyl (C=O) groups excluding carboxylic acids is 1. The van der Waals surface area contributed by atoms with Crippen LogP contribution in [0.3, 0.4) is 0 Å². The predicted molar refractivity (Wildman–Crippen MR) is 130 cm³/mol. The predicted octanol–water partition coefficient (Wildman–Crippen LogP) is 5.23. The summed E-state index contributed by atoms with van der Waals surface area (Å²) in [5, 5.41) is 5.77. The first kappa shape index (κ1) is 22.9. The second-order valence-electron chi connectivity index (χ2n) is 7.81. The number of ether oxygens (including phenoxy) is 2. The van der Waals surface area contributed by atoms with Gasteiger partial charge >= 0.3 is 0 Å². The topological polar surface area (TPSA) is 76.8 Å². The summed E-state index contributed by atoms with van der Waals surface area (Å²) in [7, 11) is 1.55. The molecule has 34 heavy (non-hydrogen) atoms. The quantitative estimate of drug-likeness (QED) is 0.347. The number of nitrogens with zero attached hydrogens (tertiary/aromatic N) is 2. The first-order valence-electron chi connectivity index (χ1n) is 10.9. The molecule has 0 saturated heterocycles. The minimum atomic E-state index is -0.254. The van der Waals surface area contributed by atoms with Crippen molar-refractivity contribution in [1.82, 2.24) is 10.6 Å². The van der Waals surface area contributed by atoms with E-state index in [2.05, 4.69) is 10.6 Å². The molecule has 4 aromatic rings. The van der Waals surface area contributed by atoms with Gasteiger partial charge in [-0.3, -0.25) is 15.2 Å². The number of hydrazine groups is 1. The Morgan fingerprint density at radius 2 is 1.68 bits per heavy atom. The summed E-state index contributed by atoms with van der Waals surface area (Å²) in [5.41, 5.74) is 7.10. The van der Waals surface area contributed by atoms with Gasteiger partial charge in [0.15, 0.2) is 11.5 Å². The Bertz CT molecular complexity index is 1220. The van der Waals surface area contributed by atoms with Crippen molar-refractivity contribution in [1.29, 1.82) is 0 Å². The molecule has 0 atom stereocenters. The van der Waals surface area contributed by atoms with Gasteiger partial charge in [-0.2, -0.15) is 0 Å². The van der Waals surface area contributed by atoms with Crippen molar-refractivity contribution in [2.24, 2.45) is 0 Å². The highest BCUT2D eigenvalue weighted by molar-refractivity contribution is 5.95. The molecule has 174 valence electrons. The molecule has 0 aliphatic rings. The normalized spacial score (nSPS) is 10.6. The van der Waals surface area contributed by atoms with Crippen molar-refractivity contribution < 1.29 is 18.8 Å². The highest BCUT2D eigenvalue weighted by Gasteiger charge is 2.17. The van der Waals surface area contributed by atoms with Crippen molar-refractivity contribution in [3.05, 3.63) is 107 Å². The second kappa shape index (κ2) is 10.6. The molecule has 0 fully saturated rings. The van der Waals surface area contributed by atoms with Crippen molar-refractivity contribution in [3.8, 4) is 11.5 Å². The number of anilines is 1. The van der Waals surface area contributed by atoms with Gasteiger partial charge in [0.05, 0.1) is 30.6 Å². The van der Waals surface area contributed by atoms with Crippen LogP contribution in [0.5, 0.6) is 11.5 Å². The molecule has 0 aliphatic carbocycles. The monoisotopic (exact) mass is 457 g/mol. The lowest BCUT2D eigenvalue weighted by Gasteiger charge is -2.26. The zero-order chi connectivity index (χ0) is 23.9. The summed E-state index contributed by atoms with van der Waals surface area (Å²) in [5.74, 6) is 1.46. The van der Waals surface area contributed by atoms with Crippen LogP contribution >= 0.6 is 0 Å². The molecule has 1 N–H and O–H groups in total. The number of amides is 1. The van der Waals surface area contributed by atoms with Gasteiger partial charge in [-0.15, -0.1) is 0 Å². The Labute approximate surface area is 198 Å². The third kappa shape index (κ3) is 5.38. The van der Waals surface area contributed by atoms with Crippen LogP contribution < -0.4 is 19.9 Å². The molecule has 0 unspecified atom stereocenters. The Morgan fingerprint density at radius 3 is 2.32 bits per heavy atom. The smallest absolute Gasteiger partial charge is 0.269 e. The first-order valence-corrected chi connectivity index (χ1v) is 10.9. The molecule has 7 nitrogen and oxygen atoms in total. The van der Waals surface area contributed by atoms with Crippen molar-refractivity contribution >= 4 is 11.6 Å². The van der Waals surface area contributed by atoms with Crippen molar-refractivity contribution in [2.45, 2.75) is 27.0 Å². The SMILES string of the molecule is COc1cc(C(=O)NN(Cc2ccccc2)c2ccccc2)ccc1OCc1c(C)noc1C. The molecule has 0 saturated carbocycles. The fraction of sp³-hybridized carbons (Fsp3) is 0.185. The van der Waals surface area contributed by atoms with E-state index in [4.69, 9.17) is 14.0 Å². The van der Waals surface area contributed by atoms with Crippen LogP contribution in [0.15, 0.2) is 83.4 Å². The lowest BCUT2D eigenvalue weighted by Crippen LogP contribution is -2.42. The minimum absolute atomic E-state index is 0.254. The average Bonchev–Trinajstić information content (AvgIpc) is 3.20.